The molecule has 2 fully saturated rings. The first-order valence-electron chi connectivity index (χ1n) is 7.03. The van der Waals surface area contributed by atoms with Crippen LogP contribution in [0.5, 0.6) is 0 Å². The summed E-state index contributed by atoms with van der Waals surface area (Å²) in [6.07, 6.45) is 5.18. The number of sulfonamides is 1. The van der Waals surface area contributed by atoms with Crippen molar-refractivity contribution >= 4 is 19.9 Å². The number of nitrogens with zero attached hydrogens (tertiary/aromatic N) is 3. The highest BCUT2D eigenvalue weighted by Crippen LogP contribution is 2.33. The number of piperidine rings is 1. The van der Waals surface area contributed by atoms with Crippen molar-refractivity contribution in [1.82, 2.24) is 13.9 Å². The van der Waals surface area contributed by atoms with Crippen LogP contribution in [-0.4, -0.2) is 54.3 Å². The van der Waals surface area contributed by atoms with Crippen LogP contribution >= 0.6 is 0 Å². The fourth-order valence-corrected chi connectivity index (χ4v) is 6.42. The molecule has 0 N–H and O–H groups in total. The topological polar surface area (TPSA) is 89.3 Å². The molecule has 3 rings (SSSR count). The number of imidazole rings is 1. The second-order valence-corrected chi connectivity index (χ2v) is 10.0. The lowest BCUT2D eigenvalue weighted by Gasteiger charge is -2.30. The van der Waals surface area contributed by atoms with E-state index in [4.69, 9.17) is 0 Å². The predicted octanol–water partition coefficient (Wildman–Crippen LogP) is 0.150. The van der Waals surface area contributed by atoms with Gasteiger partial charge in [-0.1, -0.05) is 0 Å². The van der Waals surface area contributed by atoms with Crippen LogP contribution in [0, 0.1) is 0 Å². The molecule has 0 aromatic carbocycles. The van der Waals surface area contributed by atoms with Crippen LogP contribution in [0.2, 0.25) is 0 Å². The molecule has 21 heavy (non-hydrogen) atoms. The minimum Gasteiger partial charge on any atom is -0.325 e. The van der Waals surface area contributed by atoms with Crippen molar-refractivity contribution in [3.8, 4) is 0 Å². The fraction of sp³-hybridized carbons (Fsp3) is 0.750. The summed E-state index contributed by atoms with van der Waals surface area (Å²) in [7, 11) is -5.05. The summed E-state index contributed by atoms with van der Waals surface area (Å²) in [5, 5.41) is -0.726. The van der Waals surface area contributed by atoms with Gasteiger partial charge in [-0.25, -0.2) is 26.1 Å². The van der Waals surface area contributed by atoms with Gasteiger partial charge in [0, 0.05) is 32.5 Å². The van der Waals surface area contributed by atoms with Gasteiger partial charge in [-0.2, -0.15) is 0 Å². The molecular weight excluding hydrogens is 314 g/mol. The molecule has 0 unspecified atom stereocenters. The first-order chi connectivity index (χ1) is 9.83. The molecule has 9 heteroatoms. The molecule has 2 heterocycles. The van der Waals surface area contributed by atoms with Gasteiger partial charge in [0.25, 0.3) is 0 Å². The van der Waals surface area contributed by atoms with Crippen molar-refractivity contribution in [3.63, 3.8) is 0 Å². The van der Waals surface area contributed by atoms with Gasteiger partial charge in [-0.15, -0.1) is 0 Å². The molecule has 0 bridgehead atoms. The Hall–Kier alpha value is -0.930. The average Bonchev–Trinajstić information content (AvgIpc) is 3.22. The van der Waals surface area contributed by atoms with Crippen molar-refractivity contribution in [2.45, 2.75) is 41.3 Å². The molecule has 1 aliphatic carbocycles. The van der Waals surface area contributed by atoms with Gasteiger partial charge in [-0.3, -0.25) is 0 Å². The number of rotatable bonds is 4. The Bertz CT molecular complexity index is 726. The number of hydrogen-bond donors (Lipinski definition) is 0. The predicted molar refractivity (Wildman–Crippen MR) is 76.9 cm³/mol. The monoisotopic (exact) mass is 333 g/mol. The van der Waals surface area contributed by atoms with E-state index in [1.165, 1.54) is 15.1 Å². The normalized spacial score (nSPS) is 22.5. The lowest BCUT2D eigenvalue weighted by atomic mass is 10.2. The third-order valence-corrected chi connectivity index (χ3v) is 8.83. The first kappa shape index (κ1) is 15.0. The van der Waals surface area contributed by atoms with E-state index in [0.29, 0.717) is 12.8 Å². The van der Waals surface area contributed by atoms with Gasteiger partial charge in [0.1, 0.15) is 0 Å². The van der Waals surface area contributed by atoms with E-state index in [9.17, 15) is 16.8 Å². The standard InChI is InChI=1S/C12H19N3O4S2/c1-14-9-6-13-12(14)20(16,17)10-4-7-15(8-5-10)21(18,19)11-2-3-11/h6,9-11H,2-5,7-8H2,1H3. The van der Waals surface area contributed by atoms with E-state index >= 15 is 0 Å². The molecule has 118 valence electrons. The Kier molecular flexibility index (Phi) is 3.61. The molecular formula is C12H19N3O4S2. The maximum absolute atomic E-state index is 12.5. The SMILES string of the molecule is Cn1ccnc1S(=O)(=O)C1CCN(S(=O)(=O)C2CC2)CC1. The minimum atomic E-state index is -3.49. The summed E-state index contributed by atoms with van der Waals surface area (Å²) >= 11 is 0. The number of hydrogen-bond acceptors (Lipinski definition) is 5. The van der Waals surface area contributed by atoms with Crippen LogP contribution in [0.4, 0.5) is 0 Å². The number of sulfone groups is 1. The molecule has 7 nitrogen and oxygen atoms in total. The second kappa shape index (κ2) is 5.06. The van der Waals surface area contributed by atoms with Crippen molar-refractivity contribution in [2.24, 2.45) is 7.05 Å². The smallest absolute Gasteiger partial charge is 0.227 e. The molecule has 0 spiro atoms. The Balaban J connectivity index is 1.73. The van der Waals surface area contributed by atoms with E-state index < -0.39 is 25.1 Å². The maximum atomic E-state index is 12.5. The van der Waals surface area contributed by atoms with Gasteiger partial charge in [0.2, 0.25) is 25.0 Å². The van der Waals surface area contributed by atoms with E-state index in [1.807, 2.05) is 0 Å². The van der Waals surface area contributed by atoms with Crippen LogP contribution in [0.1, 0.15) is 25.7 Å². The largest absolute Gasteiger partial charge is 0.325 e. The third-order valence-electron chi connectivity index (χ3n) is 4.18. The van der Waals surface area contributed by atoms with Crippen LogP contribution in [0.25, 0.3) is 0 Å². The average molecular weight is 333 g/mol. The van der Waals surface area contributed by atoms with Crippen molar-refractivity contribution in [2.75, 3.05) is 13.1 Å². The highest BCUT2D eigenvalue weighted by atomic mass is 32.2. The van der Waals surface area contributed by atoms with Crippen LogP contribution in [-0.2, 0) is 26.9 Å². The Morgan fingerprint density at radius 2 is 1.67 bits per heavy atom. The van der Waals surface area contributed by atoms with Gasteiger partial charge in [0.05, 0.1) is 10.5 Å². The fourth-order valence-electron chi connectivity index (χ4n) is 2.75. The molecule has 2 aliphatic rings. The van der Waals surface area contributed by atoms with Crippen molar-refractivity contribution in [3.05, 3.63) is 12.4 Å². The Labute approximate surface area is 124 Å². The zero-order chi connectivity index (χ0) is 15.3. The summed E-state index contributed by atoms with van der Waals surface area (Å²) in [4.78, 5) is 3.91. The van der Waals surface area contributed by atoms with Crippen LogP contribution in [0.3, 0.4) is 0 Å². The van der Waals surface area contributed by atoms with E-state index in [0.717, 1.165) is 12.8 Å². The minimum absolute atomic E-state index is 0.0611. The Morgan fingerprint density at radius 3 is 2.14 bits per heavy atom. The highest BCUT2D eigenvalue weighted by Gasteiger charge is 2.43. The zero-order valence-corrected chi connectivity index (χ0v) is 13.5. The van der Waals surface area contributed by atoms with Gasteiger partial charge < -0.3 is 4.57 Å². The Morgan fingerprint density at radius 1 is 1.05 bits per heavy atom. The molecule has 1 aromatic rings. The second-order valence-electron chi connectivity index (χ2n) is 5.71. The summed E-state index contributed by atoms with van der Waals surface area (Å²) in [5.41, 5.74) is 0. The van der Waals surface area contributed by atoms with Gasteiger partial charge >= 0.3 is 0 Å². The summed E-state index contributed by atoms with van der Waals surface area (Å²) in [6.45, 7) is 0.570. The lowest BCUT2D eigenvalue weighted by Crippen LogP contribution is -2.44. The van der Waals surface area contributed by atoms with Crippen molar-refractivity contribution in [1.29, 1.82) is 0 Å². The third kappa shape index (κ3) is 2.62. The van der Waals surface area contributed by atoms with E-state index in [1.54, 1.807) is 13.2 Å². The quantitative estimate of drug-likeness (QED) is 0.782. The van der Waals surface area contributed by atoms with Gasteiger partial charge in [0.15, 0.2) is 0 Å². The molecule has 1 saturated heterocycles. The lowest BCUT2D eigenvalue weighted by molar-refractivity contribution is 0.344. The summed E-state index contributed by atoms with van der Waals surface area (Å²) < 4.78 is 52.3. The first-order valence-corrected chi connectivity index (χ1v) is 10.1. The molecule has 1 aromatic heterocycles. The summed E-state index contributed by atoms with van der Waals surface area (Å²) in [5.74, 6) is 0. The van der Waals surface area contributed by atoms with Crippen LogP contribution in [0.15, 0.2) is 17.6 Å². The molecule has 0 radical (unpaired) electrons. The molecule has 0 atom stereocenters. The maximum Gasteiger partial charge on any atom is 0.227 e. The van der Waals surface area contributed by atoms with Crippen LogP contribution < -0.4 is 0 Å². The van der Waals surface area contributed by atoms with Gasteiger partial charge in [-0.05, 0) is 25.7 Å². The van der Waals surface area contributed by atoms with E-state index in [2.05, 4.69) is 4.98 Å². The van der Waals surface area contributed by atoms with Crippen molar-refractivity contribution < 1.29 is 16.8 Å². The number of aryl methyl sites for hydroxylation is 1. The molecule has 1 aliphatic heterocycles. The summed E-state index contributed by atoms with van der Waals surface area (Å²) in [6, 6.07) is 0. The highest BCUT2D eigenvalue weighted by molar-refractivity contribution is 7.92. The number of aromatic nitrogens is 2. The molecule has 0 amide bonds. The molecule has 1 saturated carbocycles. The zero-order valence-electron chi connectivity index (χ0n) is 11.8. The van der Waals surface area contributed by atoms with E-state index in [-0.39, 0.29) is 23.5 Å².